The van der Waals surface area contributed by atoms with Crippen LogP contribution in [0.2, 0.25) is 0 Å². The molecule has 0 radical (unpaired) electrons. The van der Waals surface area contributed by atoms with E-state index < -0.39 is 0 Å². The van der Waals surface area contributed by atoms with Crippen LogP contribution < -0.4 is 10.1 Å². The van der Waals surface area contributed by atoms with E-state index in [9.17, 15) is 0 Å². The summed E-state index contributed by atoms with van der Waals surface area (Å²) in [5.41, 5.74) is 2.58. The van der Waals surface area contributed by atoms with Gasteiger partial charge in [-0.3, -0.25) is 0 Å². The standard InChI is InChI=1S/C15H23NO/c1-3-16-11-14-10-12(2)4-7-15(14)17-9-8-13-5-6-13/h4,7,10,13,16H,3,5-6,8-9,11H2,1-2H3. The molecule has 0 saturated heterocycles. The predicted molar refractivity (Wildman–Crippen MR) is 71.4 cm³/mol. The van der Waals surface area contributed by atoms with Gasteiger partial charge in [-0.15, -0.1) is 0 Å². The van der Waals surface area contributed by atoms with E-state index in [1.807, 2.05) is 0 Å². The van der Waals surface area contributed by atoms with E-state index in [1.54, 1.807) is 0 Å². The summed E-state index contributed by atoms with van der Waals surface area (Å²) in [5.74, 6) is 2.00. The topological polar surface area (TPSA) is 21.3 Å². The maximum Gasteiger partial charge on any atom is 0.123 e. The Balaban J connectivity index is 1.92. The van der Waals surface area contributed by atoms with Crippen LogP contribution in [0.5, 0.6) is 5.75 Å². The Labute approximate surface area is 104 Å². The van der Waals surface area contributed by atoms with Crippen molar-refractivity contribution < 1.29 is 4.74 Å². The zero-order valence-electron chi connectivity index (χ0n) is 11.0. The number of rotatable bonds is 7. The van der Waals surface area contributed by atoms with Crippen LogP contribution in [-0.4, -0.2) is 13.2 Å². The summed E-state index contributed by atoms with van der Waals surface area (Å²) in [5, 5.41) is 3.36. The number of hydrogen-bond acceptors (Lipinski definition) is 2. The molecule has 17 heavy (non-hydrogen) atoms. The molecule has 1 aliphatic rings. The molecular formula is C15H23NO. The van der Waals surface area contributed by atoms with Gasteiger partial charge in [0.25, 0.3) is 0 Å². The second kappa shape index (κ2) is 6.06. The van der Waals surface area contributed by atoms with Gasteiger partial charge in [-0.2, -0.15) is 0 Å². The molecule has 1 fully saturated rings. The monoisotopic (exact) mass is 233 g/mol. The van der Waals surface area contributed by atoms with Crippen molar-refractivity contribution in [3.05, 3.63) is 29.3 Å². The van der Waals surface area contributed by atoms with E-state index >= 15 is 0 Å². The molecule has 0 bridgehead atoms. The number of hydrogen-bond donors (Lipinski definition) is 1. The Bertz CT molecular complexity index is 358. The first-order valence-electron chi connectivity index (χ1n) is 6.72. The maximum atomic E-state index is 5.90. The molecule has 1 aromatic rings. The van der Waals surface area contributed by atoms with Crippen LogP contribution in [0.1, 0.15) is 37.3 Å². The highest BCUT2D eigenvalue weighted by Crippen LogP contribution is 2.32. The van der Waals surface area contributed by atoms with E-state index in [1.165, 1.54) is 30.4 Å². The van der Waals surface area contributed by atoms with Gasteiger partial charge >= 0.3 is 0 Å². The zero-order chi connectivity index (χ0) is 12.1. The predicted octanol–water partition coefficient (Wildman–Crippen LogP) is 3.28. The molecule has 2 nitrogen and oxygen atoms in total. The van der Waals surface area contributed by atoms with Crippen molar-refractivity contribution >= 4 is 0 Å². The lowest BCUT2D eigenvalue weighted by molar-refractivity contribution is 0.299. The fourth-order valence-electron chi connectivity index (χ4n) is 1.99. The van der Waals surface area contributed by atoms with Crippen molar-refractivity contribution in [3.63, 3.8) is 0 Å². The van der Waals surface area contributed by atoms with Gasteiger partial charge in [0, 0.05) is 12.1 Å². The van der Waals surface area contributed by atoms with E-state index in [0.717, 1.165) is 31.4 Å². The number of benzene rings is 1. The van der Waals surface area contributed by atoms with Gasteiger partial charge in [-0.05, 0) is 31.9 Å². The summed E-state index contributed by atoms with van der Waals surface area (Å²) in [6.45, 7) is 7.02. The lowest BCUT2D eigenvalue weighted by Gasteiger charge is -2.12. The largest absolute Gasteiger partial charge is 0.493 e. The number of aryl methyl sites for hydroxylation is 1. The van der Waals surface area contributed by atoms with E-state index in [-0.39, 0.29) is 0 Å². The third-order valence-electron chi connectivity index (χ3n) is 3.26. The van der Waals surface area contributed by atoms with Crippen LogP contribution in [0.25, 0.3) is 0 Å². The van der Waals surface area contributed by atoms with Gasteiger partial charge in [-0.1, -0.05) is 37.5 Å². The summed E-state index contributed by atoms with van der Waals surface area (Å²) in [6, 6.07) is 6.45. The van der Waals surface area contributed by atoms with Crippen LogP contribution in [-0.2, 0) is 6.54 Å². The van der Waals surface area contributed by atoms with Gasteiger partial charge in [0.2, 0.25) is 0 Å². The van der Waals surface area contributed by atoms with Crippen molar-refractivity contribution in [2.45, 2.75) is 39.7 Å². The van der Waals surface area contributed by atoms with Gasteiger partial charge < -0.3 is 10.1 Å². The first-order valence-corrected chi connectivity index (χ1v) is 6.72. The Hall–Kier alpha value is -1.02. The fraction of sp³-hybridized carbons (Fsp3) is 0.600. The summed E-state index contributed by atoms with van der Waals surface area (Å²) in [7, 11) is 0. The lowest BCUT2D eigenvalue weighted by Crippen LogP contribution is -2.13. The van der Waals surface area contributed by atoms with Gasteiger partial charge in [0.1, 0.15) is 5.75 Å². The highest BCUT2D eigenvalue weighted by molar-refractivity contribution is 5.36. The molecular weight excluding hydrogens is 210 g/mol. The van der Waals surface area contributed by atoms with Crippen molar-refractivity contribution in [3.8, 4) is 5.75 Å². The smallest absolute Gasteiger partial charge is 0.123 e. The quantitative estimate of drug-likeness (QED) is 0.780. The molecule has 1 aliphatic carbocycles. The van der Waals surface area contributed by atoms with Gasteiger partial charge in [0.05, 0.1) is 6.61 Å². The summed E-state index contributed by atoms with van der Waals surface area (Å²) >= 11 is 0. The maximum absolute atomic E-state index is 5.90. The zero-order valence-corrected chi connectivity index (χ0v) is 11.0. The number of ether oxygens (including phenoxy) is 1. The molecule has 0 aromatic heterocycles. The van der Waals surface area contributed by atoms with E-state index in [4.69, 9.17) is 4.74 Å². The summed E-state index contributed by atoms with van der Waals surface area (Å²) in [4.78, 5) is 0. The van der Waals surface area contributed by atoms with Crippen molar-refractivity contribution in [1.29, 1.82) is 0 Å². The highest BCUT2D eigenvalue weighted by Gasteiger charge is 2.20. The minimum absolute atomic E-state index is 0.868. The minimum atomic E-state index is 0.868. The Morgan fingerprint density at radius 1 is 1.35 bits per heavy atom. The molecule has 0 heterocycles. The minimum Gasteiger partial charge on any atom is -0.493 e. The van der Waals surface area contributed by atoms with Crippen LogP contribution >= 0.6 is 0 Å². The fourth-order valence-corrected chi connectivity index (χ4v) is 1.99. The molecule has 1 saturated carbocycles. The van der Waals surface area contributed by atoms with Gasteiger partial charge in [0.15, 0.2) is 0 Å². The molecule has 0 aliphatic heterocycles. The molecule has 1 N–H and O–H groups in total. The second-order valence-corrected chi connectivity index (χ2v) is 4.97. The SMILES string of the molecule is CCNCc1cc(C)ccc1OCCC1CC1. The van der Waals surface area contributed by atoms with E-state index in [2.05, 4.69) is 37.4 Å². The molecule has 94 valence electrons. The first-order chi connectivity index (χ1) is 8.29. The normalized spacial score (nSPS) is 14.9. The highest BCUT2D eigenvalue weighted by atomic mass is 16.5. The Morgan fingerprint density at radius 3 is 2.88 bits per heavy atom. The second-order valence-electron chi connectivity index (χ2n) is 4.97. The van der Waals surface area contributed by atoms with Crippen LogP contribution in [0.4, 0.5) is 0 Å². The van der Waals surface area contributed by atoms with Crippen LogP contribution in [0.3, 0.4) is 0 Å². The molecule has 1 aromatic carbocycles. The summed E-state index contributed by atoms with van der Waals surface area (Å²) in [6.07, 6.45) is 4.03. The Kier molecular flexibility index (Phi) is 4.43. The average Bonchev–Trinajstić information content (AvgIpc) is 3.13. The van der Waals surface area contributed by atoms with Crippen molar-refractivity contribution in [2.24, 2.45) is 5.92 Å². The molecule has 2 heteroatoms. The molecule has 0 atom stereocenters. The Morgan fingerprint density at radius 2 is 2.18 bits per heavy atom. The van der Waals surface area contributed by atoms with Gasteiger partial charge in [-0.25, -0.2) is 0 Å². The first kappa shape index (κ1) is 12.4. The van der Waals surface area contributed by atoms with Crippen LogP contribution in [0.15, 0.2) is 18.2 Å². The third-order valence-corrected chi connectivity index (χ3v) is 3.26. The third kappa shape index (κ3) is 4.04. The van der Waals surface area contributed by atoms with Crippen molar-refractivity contribution in [1.82, 2.24) is 5.32 Å². The lowest BCUT2D eigenvalue weighted by atomic mass is 10.1. The van der Waals surface area contributed by atoms with E-state index in [0.29, 0.717) is 0 Å². The molecule has 0 spiro atoms. The van der Waals surface area contributed by atoms with Crippen LogP contribution in [0, 0.1) is 12.8 Å². The number of nitrogens with one attached hydrogen (secondary N) is 1. The molecule has 0 unspecified atom stereocenters. The molecule has 0 amide bonds. The summed E-state index contributed by atoms with van der Waals surface area (Å²) < 4.78 is 5.90. The average molecular weight is 233 g/mol. The van der Waals surface area contributed by atoms with Crippen molar-refractivity contribution in [2.75, 3.05) is 13.2 Å². The molecule has 2 rings (SSSR count).